The van der Waals surface area contributed by atoms with Gasteiger partial charge in [0.15, 0.2) is 0 Å². The summed E-state index contributed by atoms with van der Waals surface area (Å²) in [4.78, 5) is 0. The van der Waals surface area contributed by atoms with Crippen molar-refractivity contribution in [2.45, 2.75) is 0 Å². The van der Waals surface area contributed by atoms with Crippen molar-refractivity contribution in [2.24, 2.45) is 0 Å². The molecule has 0 unspecified atom stereocenters. The molecule has 6 N–H and O–H groups in total. The standard InChI is InChI=1S/K.6H2O.V/h;6*1H2;/q+1;;;;;;;+5/p-6. The summed E-state index contributed by atoms with van der Waals surface area (Å²) in [5, 5.41) is 0. The van der Waals surface area contributed by atoms with E-state index in [0.717, 1.165) is 0 Å². The van der Waals surface area contributed by atoms with E-state index in [4.69, 9.17) is 0 Å². The molecule has 0 radical (unpaired) electrons. The first-order valence-electron chi connectivity index (χ1n) is 0. The van der Waals surface area contributed by atoms with Gasteiger partial charge in [-0.1, -0.05) is 0 Å². The van der Waals surface area contributed by atoms with Crippen LogP contribution in [0.2, 0.25) is 0 Å². The van der Waals surface area contributed by atoms with E-state index in [-0.39, 0.29) is 103 Å². The molecular formula is H6KO6V. The molecule has 0 bridgehead atoms. The van der Waals surface area contributed by atoms with Crippen molar-refractivity contribution >= 4 is 0 Å². The zero-order chi connectivity index (χ0) is 0. The van der Waals surface area contributed by atoms with E-state index in [1.165, 1.54) is 0 Å². The van der Waals surface area contributed by atoms with Crippen LogP contribution in [0.5, 0.6) is 0 Å². The normalized spacial score (nSPS) is 0. The van der Waals surface area contributed by atoms with Crippen LogP contribution in [0.1, 0.15) is 0 Å². The van der Waals surface area contributed by atoms with Crippen LogP contribution in [0, 0.1) is 0 Å². The summed E-state index contributed by atoms with van der Waals surface area (Å²) in [6.45, 7) is 0. The first-order chi connectivity index (χ1) is 0. The molecule has 8 heavy (non-hydrogen) atoms. The smallest absolute Gasteiger partial charge is 0.870 e. The van der Waals surface area contributed by atoms with Crippen molar-refractivity contribution in [3.05, 3.63) is 0 Å². The summed E-state index contributed by atoms with van der Waals surface area (Å²) in [7, 11) is 0. The Balaban J connectivity index is 0. The fraction of sp³-hybridized carbons (Fsp3) is 0. The Hall–Kier alpha value is 1.98. The van der Waals surface area contributed by atoms with Gasteiger partial charge in [0, 0.05) is 0 Å². The van der Waals surface area contributed by atoms with Crippen LogP contribution >= 0.6 is 0 Å². The van der Waals surface area contributed by atoms with Crippen LogP contribution in [0.15, 0.2) is 0 Å². The molecule has 0 aliphatic carbocycles. The molecule has 8 heteroatoms. The van der Waals surface area contributed by atoms with Gasteiger partial charge >= 0.3 is 69.9 Å². The van der Waals surface area contributed by atoms with Gasteiger partial charge in [-0.15, -0.1) is 0 Å². The van der Waals surface area contributed by atoms with Gasteiger partial charge in [0.2, 0.25) is 0 Å². The maximum atomic E-state index is 0. The molecule has 0 atom stereocenters. The Bertz CT molecular complexity index is 8.49. The monoisotopic (exact) mass is 192 g/mol. The molecule has 0 saturated carbocycles. The first-order valence-corrected chi connectivity index (χ1v) is 0. The average molecular weight is 192 g/mol. The summed E-state index contributed by atoms with van der Waals surface area (Å²) in [5.74, 6) is 0. The van der Waals surface area contributed by atoms with E-state index in [1.807, 2.05) is 0 Å². The molecule has 0 amide bonds. The van der Waals surface area contributed by atoms with Crippen LogP contribution in [-0.2, 0) is 18.6 Å². The molecule has 0 rings (SSSR count). The zero-order valence-electron chi connectivity index (χ0n) is 4.13. The minimum Gasteiger partial charge on any atom is -0.870 e. The second-order valence-corrected chi connectivity index (χ2v) is 0. The topological polar surface area (TPSA) is 180 Å². The van der Waals surface area contributed by atoms with Crippen LogP contribution in [0.25, 0.3) is 0 Å². The van der Waals surface area contributed by atoms with Gasteiger partial charge in [-0.2, -0.15) is 0 Å². The largest absolute Gasteiger partial charge is 5.00 e. The van der Waals surface area contributed by atoms with Crippen molar-refractivity contribution in [2.75, 3.05) is 0 Å². The van der Waals surface area contributed by atoms with E-state index in [0.29, 0.717) is 0 Å². The van der Waals surface area contributed by atoms with E-state index in [1.54, 1.807) is 0 Å². The van der Waals surface area contributed by atoms with Gasteiger partial charge in [-0.25, -0.2) is 0 Å². The molecule has 48 valence electrons. The van der Waals surface area contributed by atoms with Crippen LogP contribution < -0.4 is 51.4 Å². The molecule has 0 aromatic carbocycles. The van der Waals surface area contributed by atoms with Gasteiger partial charge in [0.05, 0.1) is 0 Å². The number of hydrogen-bond donors (Lipinski definition) is 0. The molecular weight excluding hydrogens is 186 g/mol. The third kappa shape index (κ3) is 99.1. The van der Waals surface area contributed by atoms with Gasteiger partial charge in [-0.05, 0) is 0 Å². The van der Waals surface area contributed by atoms with E-state index < -0.39 is 0 Å². The van der Waals surface area contributed by atoms with Crippen molar-refractivity contribution in [1.82, 2.24) is 0 Å². The van der Waals surface area contributed by atoms with E-state index >= 15 is 0 Å². The molecule has 0 saturated heterocycles. The Morgan fingerprint density at radius 2 is 0.375 bits per heavy atom. The second-order valence-electron chi connectivity index (χ2n) is 0. The minimum atomic E-state index is 0. The number of rotatable bonds is 0. The van der Waals surface area contributed by atoms with E-state index in [2.05, 4.69) is 0 Å². The van der Waals surface area contributed by atoms with Crippen molar-refractivity contribution in [3.8, 4) is 0 Å². The third-order valence-corrected chi connectivity index (χ3v) is 0. The molecule has 0 aliphatic rings. The summed E-state index contributed by atoms with van der Waals surface area (Å²) >= 11 is 0. The summed E-state index contributed by atoms with van der Waals surface area (Å²) in [6, 6.07) is 0. The molecule has 0 heterocycles. The molecule has 0 aromatic heterocycles. The zero-order valence-corrected chi connectivity index (χ0v) is 8.65. The number of hydrogen-bond acceptors (Lipinski definition) is 6. The first kappa shape index (κ1) is 205. The molecule has 0 spiro atoms. The quantitative estimate of drug-likeness (QED) is 0.351. The van der Waals surface area contributed by atoms with Crippen molar-refractivity contribution in [3.63, 3.8) is 0 Å². The average Bonchev–Trinajstić information content (AvgIpc) is 0. The Morgan fingerprint density at radius 1 is 0.375 bits per heavy atom. The minimum absolute atomic E-state index is 0. The van der Waals surface area contributed by atoms with Crippen LogP contribution in [-0.4, -0.2) is 32.9 Å². The van der Waals surface area contributed by atoms with Gasteiger partial charge in [0.25, 0.3) is 0 Å². The van der Waals surface area contributed by atoms with Gasteiger partial charge in [-0.3, -0.25) is 0 Å². The van der Waals surface area contributed by atoms with Gasteiger partial charge in [0.1, 0.15) is 0 Å². The maximum Gasteiger partial charge on any atom is 5.00 e. The van der Waals surface area contributed by atoms with Crippen LogP contribution in [0.4, 0.5) is 0 Å². The predicted octanol–water partition coefficient (Wildman–Crippen LogP) is -4.06. The maximum absolute atomic E-state index is 0. The van der Waals surface area contributed by atoms with Crippen molar-refractivity contribution < 1.29 is 103 Å². The second kappa shape index (κ2) is 146. The Labute approximate surface area is 101 Å². The predicted molar refractivity (Wildman–Crippen MR) is 11.6 cm³/mol. The molecule has 6 nitrogen and oxygen atoms in total. The Morgan fingerprint density at radius 3 is 0.375 bits per heavy atom. The van der Waals surface area contributed by atoms with Crippen molar-refractivity contribution in [1.29, 1.82) is 0 Å². The SMILES string of the molecule is [K+].[OH-].[OH-].[OH-].[OH-].[OH-].[OH-].[V+5]. The third-order valence-electron chi connectivity index (χ3n) is 0. The Kier molecular flexibility index (Phi) is 3740. The molecule has 0 aromatic rings. The molecule has 0 fully saturated rings. The fourth-order valence-corrected chi connectivity index (χ4v) is 0. The van der Waals surface area contributed by atoms with Crippen LogP contribution in [0.3, 0.4) is 0 Å². The summed E-state index contributed by atoms with van der Waals surface area (Å²) in [6.07, 6.45) is 0. The van der Waals surface area contributed by atoms with E-state index in [9.17, 15) is 0 Å². The fourth-order valence-electron chi connectivity index (χ4n) is 0. The summed E-state index contributed by atoms with van der Waals surface area (Å²) in [5.41, 5.74) is 0. The van der Waals surface area contributed by atoms with Gasteiger partial charge < -0.3 is 32.9 Å². The molecule has 0 aliphatic heterocycles. The summed E-state index contributed by atoms with van der Waals surface area (Å²) < 4.78 is 0.